The Morgan fingerprint density at radius 1 is 0.444 bits per heavy atom. The van der Waals surface area contributed by atoms with Crippen LogP contribution in [0.5, 0.6) is 0 Å². The van der Waals surface area contributed by atoms with Gasteiger partial charge in [0.05, 0.1) is 6.10 Å². The zero-order valence-corrected chi connectivity index (χ0v) is 59.8. The fraction of sp³-hybridized carbons (Fsp3) is 0.803. The van der Waals surface area contributed by atoms with Crippen molar-refractivity contribution in [2.24, 2.45) is 41.4 Å². The van der Waals surface area contributed by atoms with Crippen molar-refractivity contribution in [2.75, 3.05) is 70.0 Å². The van der Waals surface area contributed by atoms with Gasteiger partial charge in [0.2, 0.25) is 65.0 Å². The number of carbonyl (C=O) groups is 11. The molecule has 0 aliphatic carbocycles. The van der Waals surface area contributed by atoms with Gasteiger partial charge in [0.1, 0.15) is 66.5 Å². The SMILES string of the molecule is CC=CC[C@@H](C)[C@@H](O)[C@H]1C(=O)N[C@@H](CC)C(=O)N(C)[C@H](CCN(C)C)C(=O)N(C)[C@@H](CC(C)C)C(=O)N[C@@H](C(C)C)C(=O)N(C)[C@@H](CC(C)C)C(=O)N[C@@H](C)C(=O)N[C@H](C)C(=O)N(C)[C@@H](CC(C)C)C(=O)N(C)[C@@H](CC(C)C)C(=O)N(C)[C@@H](C(C)C)C(=O)N1C. The molecule has 24 nitrogen and oxygen atoms in total. The molecule has 0 aromatic carbocycles. The molecule has 1 aliphatic rings. The van der Waals surface area contributed by atoms with E-state index < -0.39 is 155 Å². The number of hydrogen-bond acceptors (Lipinski definition) is 13. The van der Waals surface area contributed by atoms with Crippen LogP contribution in [-0.2, 0) is 52.7 Å². The van der Waals surface area contributed by atoms with Crippen molar-refractivity contribution >= 4 is 65.0 Å². The molecule has 0 radical (unpaired) electrons. The highest BCUT2D eigenvalue weighted by Gasteiger charge is 2.46. The molecule has 0 unspecified atom stereocenters. The Bertz CT molecular complexity index is 2450. The lowest BCUT2D eigenvalue weighted by Crippen LogP contribution is -2.64. The molecule has 1 aliphatic heterocycles. The van der Waals surface area contributed by atoms with E-state index in [1.165, 1.54) is 92.6 Å². The Morgan fingerprint density at radius 3 is 1.27 bits per heavy atom. The highest BCUT2D eigenvalue weighted by molar-refractivity contribution is 6.00. The number of likely N-dealkylation sites (N-methyl/N-ethyl adjacent to an activating group) is 7. The van der Waals surface area contributed by atoms with Gasteiger partial charge in [-0.25, -0.2) is 0 Å². The van der Waals surface area contributed by atoms with Crippen LogP contribution in [0.3, 0.4) is 0 Å². The average Bonchev–Trinajstić information content (AvgIpc) is 1.07. The van der Waals surface area contributed by atoms with Crippen molar-refractivity contribution in [2.45, 2.75) is 235 Å². The zero-order valence-electron chi connectivity index (χ0n) is 59.8. The lowest BCUT2D eigenvalue weighted by atomic mass is 9.91. The van der Waals surface area contributed by atoms with Gasteiger partial charge in [0, 0.05) is 49.3 Å². The maximum atomic E-state index is 15.3. The van der Waals surface area contributed by atoms with Crippen LogP contribution < -0.4 is 21.3 Å². The van der Waals surface area contributed by atoms with Gasteiger partial charge < -0.3 is 65.6 Å². The summed E-state index contributed by atoms with van der Waals surface area (Å²) >= 11 is 0. The molecule has 516 valence electrons. The molecule has 5 N–H and O–H groups in total. The number of carbonyl (C=O) groups excluding carboxylic acids is 11. The third-order valence-corrected chi connectivity index (χ3v) is 17.2. The summed E-state index contributed by atoms with van der Waals surface area (Å²) in [7, 11) is 13.7. The largest absolute Gasteiger partial charge is 0.390 e. The molecule has 90 heavy (non-hydrogen) atoms. The summed E-state index contributed by atoms with van der Waals surface area (Å²) in [6.45, 7) is 30.3. The number of amides is 11. The lowest BCUT2D eigenvalue weighted by Gasteiger charge is -2.41. The Balaban J connectivity index is 4.51. The molecule has 11 amide bonds. The molecule has 1 saturated heterocycles. The first-order valence-electron chi connectivity index (χ1n) is 32.6. The van der Waals surface area contributed by atoms with Crippen molar-refractivity contribution in [3.8, 4) is 0 Å². The van der Waals surface area contributed by atoms with Gasteiger partial charge in [-0.15, -0.1) is 0 Å². The number of allylic oxidation sites excluding steroid dienone is 2. The standard InChI is InChI=1S/C66H120N12O12/c1-27-29-30-43(15)55(79)54-59(83)69-46(28-2)61(85)72(20)47(31-32-71(18)19)62(86)73(21)49(34-38(5)6)58(82)70-52(41(11)12)65(89)74(22)48(33-37(3)4)57(81)67-44(16)56(80)68-45(17)60(84)75(23)50(35-39(7)8)63(87)76(24)51(36-40(9)10)64(88)77(25)53(42(13)14)66(90)78(54)26/h27,29,37-55,79H,28,30-36H2,1-26H3,(H,67,81)(H,68,80)(H,69,83)(H,70,82)/t43-,44+,45-,46+,47-,48+,49+,50+,51+,52+,53+,54+,55-/m1/s1. The first-order chi connectivity index (χ1) is 41.5. The molecule has 13 atom stereocenters. The lowest BCUT2D eigenvalue weighted by molar-refractivity contribution is -0.157. The maximum Gasteiger partial charge on any atom is 0.246 e. The van der Waals surface area contributed by atoms with Gasteiger partial charge in [-0.3, -0.25) is 52.7 Å². The van der Waals surface area contributed by atoms with Crippen LogP contribution in [0.25, 0.3) is 0 Å². The fourth-order valence-electron chi connectivity index (χ4n) is 11.5. The fourth-order valence-corrected chi connectivity index (χ4v) is 11.5. The van der Waals surface area contributed by atoms with Crippen LogP contribution in [0.1, 0.15) is 163 Å². The third kappa shape index (κ3) is 22.9. The first kappa shape index (κ1) is 81.8. The molecule has 24 heteroatoms. The van der Waals surface area contributed by atoms with E-state index in [4.69, 9.17) is 0 Å². The third-order valence-electron chi connectivity index (χ3n) is 17.2. The first-order valence-corrected chi connectivity index (χ1v) is 32.6. The molecule has 0 bridgehead atoms. The number of aliphatic hydroxyl groups excluding tert-OH is 1. The topological polar surface area (TPSA) is 282 Å². The van der Waals surface area contributed by atoms with Gasteiger partial charge in [-0.2, -0.15) is 0 Å². The van der Waals surface area contributed by atoms with Gasteiger partial charge in [-0.05, 0) is 128 Å². The predicted octanol–water partition coefficient (Wildman–Crippen LogP) is 3.59. The summed E-state index contributed by atoms with van der Waals surface area (Å²) in [5.74, 6) is -9.74. The van der Waals surface area contributed by atoms with E-state index in [-0.39, 0.29) is 62.2 Å². The van der Waals surface area contributed by atoms with Crippen molar-refractivity contribution in [1.82, 2.24) is 60.5 Å². The predicted molar refractivity (Wildman–Crippen MR) is 351 cm³/mol. The van der Waals surface area contributed by atoms with E-state index in [2.05, 4.69) is 21.3 Å². The van der Waals surface area contributed by atoms with Crippen molar-refractivity contribution in [3.63, 3.8) is 0 Å². The summed E-state index contributed by atoms with van der Waals surface area (Å²) in [6.07, 6.45) is 3.09. The monoisotopic (exact) mass is 1270 g/mol. The average molecular weight is 1270 g/mol. The highest BCUT2D eigenvalue weighted by Crippen LogP contribution is 2.26. The molecule has 1 fully saturated rings. The Kier molecular flexibility index (Phi) is 34.0. The van der Waals surface area contributed by atoms with Crippen LogP contribution in [0, 0.1) is 41.4 Å². The number of nitrogens with zero attached hydrogens (tertiary/aromatic N) is 8. The second-order valence-electron chi connectivity index (χ2n) is 27.9. The molecule has 1 rings (SSSR count). The summed E-state index contributed by atoms with van der Waals surface area (Å²) in [5, 5.41) is 23.4. The Morgan fingerprint density at radius 2 is 0.833 bits per heavy atom. The number of nitrogens with one attached hydrogen (secondary N) is 4. The molecule has 0 spiro atoms. The van der Waals surface area contributed by atoms with E-state index in [0.717, 1.165) is 4.90 Å². The van der Waals surface area contributed by atoms with E-state index in [9.17, 15) is 33.9 Å². The van der Waals surface area contributed by atoms with Crippen molar-refractivity contribution < 1.29 is 57.8 Å². The highest BCUT2D eigenvalue weighted by atomic mass is 16.3. The quantitative estimate of drug-likeness (QED) is 0.123. The smallest absolute Gasteiger partial charge is 0.246 e. The van der Waals surface area contributed by atoms with Gasteiger partial charge in [0.15, 0.2) is 0 Å². The van der Waals surface area contributed by atoms with E-state index in [0.29, 0.717) is 13.0 Å². The summed E-state index contributed by atoms with van der Waals surface area (Å²) < 4.78 is 0. The molecule has 1 heterocycles. The zero-order chi connectivity index (χ0) is 69.8. The molecular weight excluding hydrogens is 1150 g/mol. The van der Waals surface area contributed by atoms with E-state index in [1.54, 1.807) is 61.7 Å². The second-order valence-corrected chi connectivity index (χ2v) is 27.9. The van der Waals surface area contributed by atoms with Crippen molar-refractivity contribution in [1.29, 1.82) is 0 Å². The van der Waals surface area contributed by atoms with Gasteiger partial charge in [-0.1, -0.05) is 109 Å². The number of aliphatic hydroxyl groups is 1. The summed E-state index contributed by atoms with van der Waals surface area (Å²) in [6, 6.07) is -13.7. The van der Waals surface area contributed by atoms with E-state index in [1.807, 2.05) is 73.3 Å². The van der Waals surface area contributed by atoms with Gasteiger partial charge in [0.25, 0.3) is 0 Å². The Labute approximate surface area is 540 Å². The molecule has 0 saturated carbocycles. The minimum Gasteiger partial charge on any atom is -0.390 e. The second kappa shape index (κ2) is 37.4. The minimum atomic E-state index is -1.63. The summed E-state index contributed by atoms with van der Waals surface area (Å²) in [4.78, 5) is 174. The number of hydrogen-bond donors (Lipinski definition) is 5. The minimum absolute atomic E-state index is 0.00938. The molecular formula is C66H120N12O12. The van der Waals surface area contributed by atoms with Crippen LogP contribution in [0.15, 0.2) is 12.2 Å². The van der Waals surface area contributed by atoms with E-state index >= 15 is 24.0 Å². The summed E-state index contributed by atoms with van der Waals surface area (Å²) in [5.41, 5.74) is 0. The Hall–Kier alpha value is -6.17. The number of rotatable bonds is 18. The van der Waals surface area contributed by atoms with Crippen LogP contribution in [0.2, 0.25) is 0 Å². The van der Waals surface area contributed by atoms with Gasteiger partial charge >= 0.3 is 0 Å². The van der Waals surface area contributed by atoms with Crippen LogP contribution in [-0.4, -0.2) is 252 Å². The van der Waals surface area contributed by atoms with Crippen LogP contribution >= 0.6 is 0 Å². The normalized spacial score (nSPS) is 27.0. The molecule has 0 aromatic heterocycles. The maximum absolute atomic E-state index is 15.3. The van der Waals surface area contributed by atoms with Crippen LogP contribution in [0.4, 0.5) is 0 Å². The molecule has 0 aromatic rings. The van der Waals surface area contributed by atoms with Crippen molar-refractivity contribution in [3.05, 3.63) is 12.2 Å².